The van der Waals surface area contributed by atoms with Crippen LogP contribution in [-0.4, -0.2) is 5.78 Å². The Bertz CT molecular complexity index is 426. The predicted octanol–water partition coefficient (Wildman–Crippen LogP) is 3.02. The van der Waals surface area contributed by atoms with E-state index in [2.05, 4.69) is 0 Å². The maximum Gasteiger partial charge on any atom is 0.421 e. The van der Waals surface area contributed by atoms with Crippen molar-refractivity contribution in [3.8, 4) is 0 Å². The summed E-state index contributed by atoms with van der Waals surface area (Å²) >= 11 is 0. The molecule has 0 heterocycles. The van der Waals surface area contributed by atoms with Crippen LogP contribution < -0.4 is 5.73 Å². The van der Waals surface area contributed by atoms with Gasteiger partial charge in [0.25, 0.3) is 0 Å². The van der Waals surface area contributed by atoms with Crippen LogP contribution in [0.3, 0.4) is 0 Å². The number of halogens is 4. The fourth-order valence-electron chi connectivity index (χ4n) is 1.31. The third kappa shape index (κ3) is 2.15. The standard InChI is InChI=1S/C10H9F4NO/c1-2-7(16)5-3-4-6(11)8(9(5)15)10(12,13)14/h3-4H,2,15H2,1H3. The van der Waals surface area contributed by atoms with Crippen molar-refractivity contribution in [1.29, 1.82) is 0 Å². The number of rotatable bonds is 2. The van der Waals surface area contributed by atoms with Crippen LogP contribution in [0.2, 0.25) is 0 Å². The third-order valence-corrected chi connectivity index (χ3v) is 2.10. The van der Waals surface area contributed by atoms with Crippen molar-refractivity contribution in [3.05, 3.63) is 29.1 Å². The molecule has 6 heteroatoms. The van der Waals surface area contributed by atoms with Crippen molar-refractivity contribution in [3.63, 3.8) is 0 Å². The lowest BCUT2D eigenvalue weighted by Gasteiger charge is -2.13. The molecular formula is C10H9F4NO. The lowest BCUT2D eigenvalue weighted by Crippen LogP contribution is -2.15. The van der Waals surface area contributed by atoms with Gasteiger partial charge < -0.3 is 5.73 Å². The van der Waals surface area contributed by atoms with Gasteiger partial charge >= 0.3 is 6.18 Å². The fourth-order valence-corrected chi connectivity index (χ4v) is 1.31. The smallest absolute Gasteiger partial charge is 0.398 e. The highest BCUT2D eigenvalue weighted by atomic mass is 19.4. The molecule has 0 unspecified atom stereocenters. The first kappa shape index (κ1) is 12.5. The number of benzene rings is 1. The Morgan fingerprint density at radius 2 is 1.94 bits per heavy atom. The van der Waals surface area contributed by atoms with Gasteiger partial charge in [-0.1, -0.05) is 6.92 Å². The van der Waals surface area contributed by atoms with E-state index in [4.69, 9.17) is 5.73 Å². The molecule has 0 fully saturated rings. The second-order valence-corrected chi connectivity index (χ2v) is 3.16. The third-order valence-electron chi connectivity index (χ3n) is 2.10. The van der Waals surface area contributed by atoms with Gasteiger partial charge in [-0.15, -0.1) is 0 Å². The van der Waals surface area contributed by atoms with Crippen molar-refractivity contribution < 1.29 is 22.4 Å². The van der Waals surface area contributed by atoms with E-state index < -0.39 is 29.0 Å². The summed E-state index contributed by atoms with van der Waals surface area (Å²) in [6.45, 7) is 1.48. The molecule has 0 bridgehead atoms. The number of hydrogen-bond acceptors (Lipinski definition) is 2. The van der Waals surface area contributed by atoms with E-state index in [0.717, 1.165) is 6.07 Å². The molecule has 1 aromatic rings. The number of hydrogen-bond donors (Lipinski definition) is 1. The summed E-state index contributed by atoms with van der Waals surface area (Å²) < 4.78 is 50.3. The lowest BCUT2D eigenvalue weighted by molar-refractivity contribution is -0.139. The van der Waals surface area contributed by atoms with Gasteiger partial charge in [-0.25, -0.2) is 4.39 Å². The van der Waals surface area contributed by atoms with Crippen LogP contribution in [0.15, 0.2) is 12.1 Å². The molecule has 0 radical (unpaired) electrons. The van der Waals surface area contributed by atoms with Gasteiger partial charge in [-0.3, -0.25) is 4.79 Å². The van der Waals surface area contributed by atoms with Gasteiger partial charge in [-0.2, -0.15) is 13.2 Å². The zero-order valence-corrected chi connectivity index (χ0v) is 8.36. The Kier molecular flexibility index (Phi) is 3.21. The highest BCUT2D eigenvalue weighted by Crippen LogP contribution is 2.37. The summed E-state index contributed by atoms with van der Waals surface area (Å²) in [5.74, 6) is -2.03. The molecule has 1 rings (SSSR count). The van der Waals surface area contributed by atoms with Crippen molar-refractivity contribution in [1.82, 2.24) is 0 Å². The Balaban J connectivity index is 3.45. The van der Waals surface area contributed by atoms with E-state index in [1.807, 2.05) is 0 Å². The average molecular weight is 235 g/mol. The zero-order chi connectivity index (χ0) is 12.5. The minimum atomic E-state index is -4.90. The number of Topliss-reactive ketones (excluding diaryl/α,β-unsaturated/α-hetero) is 1. The summed E-state index contributed by atoms with van der Waals surface area (Å²) in [5, 5.41) is 0. The van der Waals surface area contributed by atoms with Crippen molar-refractivity contribution in [2.75, 3.05) is 5.73 Å². The van der Waals surface area contributed by atoms with Crippen LogP contribution in [0.1, 0.15) is 29.3 Å². The molecule has 0 spiro atoms. The first-order valence-electron chi connectivity index (χ1n) is 4.47. The SMILES string of the molecule is CCC(=O)c1ccc(F)c(C(F)(F)F)c1N. The molecule has 0 atom stereocenters. The summed E-state index contributed by atoms with van der Waals surface area (Å²) in [4.78, 5) is 11.3. The van der Waals surface area contributed by atoms with Gasteiger partial charge in [-0.05, 0) is 12.1 Å². The van der Waals surface area contributed by atoms with Crippen LogP contribution in [0.5, 0.6) is 0 Å². The first-order valence-corrected chi connectivity index (χ1v) is 4.47. The fraction of sp³-hybridized carbons (Fsp3) is 0.300. The molecule has 0 aliphatic heterocycles. The second kappa shape index (κ2) is 4.11. The normalized spacial score (nSPS) is 11.6. The summed E-state index contributed by atoms with van der Waals surface area (Å²) in [6, 6.07) is 1.56. The molecule has 0 aliphatic rings. The molecular weight excluding hydrogens is 226 g/mol. The van der Waals surface area contributed by atoms with E-state index in [1.165, 1.54) is 6.92 Å². The van der Waals surface area contributed by atoms with Gasteiger partial charge in [0.05, 0.1) is 5.69 Å². The Hall–Kier alpha value is -1.59. The van der Waals surface area contributed by atoms with Crippen molar-refractivity contribution in [2.45, 2.75) is 19.5 Å². The quantitative estimate of drug-likeness (QED) is 0.486. The van der Waals surface area contributed by atoms with Gasteiger partial charge in [0, 0.05) is 12.0 Å². The highest BCUT2D eigenvalue weighted by molar-refractivity contribution is 6.01. The summed E-state index contributed by atoms with van der Waals surface area (Å²) in [5.41, 5.74) is 2.45. The molecule has 0 aromatic heterocycles. The topological polar surface area (TPSA) is 43.1 Å². The van der Waals surface area contributed by atoms with Crippen LogP contribution >= 0.6 is 0 Å². The Morgan fingerprint density at radius 3 is 2.38 bits per heavy atom. The Morgan fingerprint density at radius 1 is 1.38 bits per heavy atom. The van der Waals surface area contributed by atoms with E-state index in [1.54, 1.807) is 0 Å². The minimum absolute atomic E-state index is 0.00707. The van der Waals surface area contributed by atoms with Crippen LogP contribution in [0.25, 0.3) is 0 Å². The molecule has 2 N–H and O–H groups in total. The van der Waals surface area contributed by atoms with E-state index in [0.29, 0.717) is 6.07 Å². The molecule has 0 saturated heterocycles. The summed E-state index contributed by atoms with van der Waals surface area (Å²) in [7, 11) is 0. The van der Waals surface area contributed by atoms with Crippen LogP contribution in [0.4, 0.5) is 23.2 Å². The number of anilines is 1. The molecule has 16 heavy (non-hydrogen) atoms. The monoisotopic (exact) mass is 235 g/mol. The van der Waals surface area contributed by atoms with Crippen LogP contribution in [0, 0.1) is 5.82 Å². The van der Waals surface area contributed by atoms with E-state index in [9.17, 15) is 22.4 Å². The van der Waals surface area contributed by atoms with Crippen molar-refractivity contribution in [2.24, 2.45) is 0 Å². The van der Waals surface area contributed by atoms with Crippen LogP contribution in [-0.2, 0) is 6.18 Å². The maximum absolute atomic E-state index is 13.0. The van der Waals surface area contributed by atoms with E-state index >= 15 is 0 Å². The molecule has 88 valence electrons. The number of nitrogens with two attached hydrogens (primary N) is 1. The van der Waals surface area contributed by atoms with Gasteiger partial charge in [0.15, 0.2) is 5.78 Å². The molecule has 1 aromatic carbocycles. The lowest BCUT2D eigenvalue weighted by atomic mass is 10.0. The number of alkyl halides is 3. The highest BCUT2D eigenvalue weighted by Gasteiger charge is 2.37. The number of carbonyl (C=O) groups is 1. The molecule has 0 saturated carbocycles. The second-order valence-electron chi connectivity index (χ2n) is 3.16. The number of carbonyl (C=O) groups excluding carboxylic acids is 1. The molecule has 0 aliphatic carbocycles. The first-order chi connectivity index (χ1) is 7.29. The molecule has 2 nitrogen and oxygen atoms in total. The minimum Gasteiger partial charge on any atom is -0.398 e. The van der Waals surface area contributed by atoms with E-state index in [-0.39, 0.29) is 12.0 Å². The Labute approximate surface area is 89.1 Å². The predicted molar refractivity (Wildman–Crippen MR) is 50.4 cm³/mol. The largest absolute Gasteiger partial charge is 0.421 e. The number of nitrogen functional groups attached to an aromatic ring is 1. The van der Waals surface area contributed by atoms with Gasteiger partial charge in [0.1, 0.15) is 11.4 Å². The van der Waals surface area contributed by atoms with Crippen molar-refractivity contribution >= 4 is 11.5 Å². The molecule has 0 amide bonds. The average Bonchev–Trinajstić information content (AvgIpc) is 2.14. The van der Waals surface area contributed by atoms with Gasteiger partial charge in [0.2, 0.25) is 0 Å². The summed E-state index contributed by atoms with van der Waals surface area (Å²) in [6.07, 6.45) is -4.90. The number of ketones is 1. The maximum atomic E-state index is 13.0. The zero-order valence-electron chi connectivity index (χ0n) is 8.36.